The minimum absolute atomic E-state index is 0. The van der Waals surface area contributed by atoms with Crippen LogP contribution in [0.1, 0.15) is 0 Å². The summed E-state index contributed by atoms with van der Waals surface area (Å²) in [5.74, 6) is 0. The van der Waals surface area contributed by atoms with Crippen LogP contribution in [-0.4, -0.2) is 0 Å². The molecule has 0 aromatic heterocycles. The summed E-state index contributed by atoms with van der Waals surface area (Å²) in [4.78, 5) is 1.50. The molecule has 0 heterocycles. The van der Waals surface area contributed by atoms with E-state index in [1.807, 2.05) is 0 Å². The summed E-state index contributed by atoms with van der Waals surface area (Å²) >= 11 is 0. The molecule has 3 nitrogen and oxygen atoms in total. The third-order valence-electron chi connectivity index (χ3n) is 0. The molecule has 0 radical (unpaired) electrons. The minimum atomic E-state index is 0. The van der Waals surface area contributed by atoms with E-state index in [-0.39, 0.29) is 51.4 Å². The van der Waals surface area contributed by atoms with Crippen LogP contribution in [0.15, 0.2) is 0 Å². The van der Waals surface area contributed by atoms with Crippen LogP contribution in [0.5, 0.6) is 0 Å². The minimum Gasteiger partial charge on any atom is -0.373 e. The Morgan fingerprint density at radius 3 is 1.25 bits per heavy atom. The molecule has 0 bridgehead atoms. The van der Waals surface area contributed by atoms with E-state index in [0.29, 0.717) is 0 Å². The topological polar surface area (TPSA) is 58.7 Å². The Bertz CT molecular complexity index is 24.3. The van der Waals surface area contributed by atoms with Crippen LogP contribution in [0.4, 0.5) is 0 Å². The fourth-order valence-corrected chi connectivity index (χ4v) is 0. The van der Waals surface area contributed by atoms with Crippen LogP contribution < -0.4 is 51.4 Å². The predicted octanol–water partition coefficient (Wildman–Crippen LogP) is -2.13. The van der Waals surface area contributed by atoms with Crippen molar-refractivity contribution in [3.05, 3.63) is 16.0 Å². The Morgan fingerprint density at radius 2 is 1.25 bits per heavy atom. The van der Waals surface area contributed by atoms with Crippen LogP contribution in [0, 0.1) is 0 Å². The average Bonchev–Trinajstić information content (AvgIpc) is 0.918. The number of hydrogen-bond acceptors (Lipinski definition) is 0. The molecule has 0 aliphatic carbocycles. The summed E-state index contributed by atoms with van der Waals surface area (Å²) in [5.41, 5.74) is 13.5. The van der Waals surface area contributed by atoms with Gasteiger partial charge in [0.05, 0.1) is 0 Å². The molecule has 0 fully saturated rings. The summed E-state index contributed by atoms with van der Waals surface area (Å²) in [5, 5.41) is 0. The molecule has 0 aliphatic rings. The van der Waals surface area contributed by atoms with E-state index in [1.54, 1.807) is 0 Å². The first-order valence-corrected chi connectivity index (χ1v) is 0.400. The van der Waals surface area contributed by atoms with Gasteiger partial charge in [-0.2, -0.15) is 0 Å². The summed E-state index contributed by atoms with van der Waals surface area (Å²) in [7, 11) is 0. The van der Waals surface area contributed by atoms with Crippen LogP contribution in [0.3, 0.4) is 0 Å². The van der Waals surface area contributed by atoms with Crippen LogP contribution >= 0.6 is 0 Å². The second-order valence-electron chi connectivity index (χ2n) is 0.0894. The van der Waals surface area contributed by atoms with Gasteiger partial charge in [0.25, 0.3) is 0 Å². The zero-order valence-corrected chi connectivity index (χ0v) is 5.46. The van der Waals surface area contributed by atoms with Crippen LogP contribution in [0.25, 0.3) is 16.0 Å². The SMILES string of the molecule is [K+].[N-]=[N+]=[15N-]. The van der Waals surface area contributed by atoms with E-state index in [1.165, 1.54) is 4.91 Å². The molecule has 4 heteroatoms. The Morgan fingerprint density at radius 1 is 1.25 bits per heavy atom. The van der Waals surface area contributed by atoms with Crippen LogP contribution in [0.2, 0.25) is 0 Å². The number of hydrogen-bond donors (Lipinski definition) is 0. The molecule has 0 amide bonds. The summed E-state index contributed by atoms with van der Waals surface area (Å²) in [6.07, 6.45) is 0. The van der Waals surface area contributed by atoms with Crippen molar-refractivity contribution in [1.29, 1.82) is 0 Å². The van der Waals surface area contributed by atoms with Gasteiger partial charge in [0, 0.05) is 0 Å². The Hall–Kier alpha value is 0.946. The Kier molecular flexibility index (Phi) is 20.1. The maximum atomic E-state index is 6.75. The molecule has 0 unspecified atom stereocenters. The van der Waals surface area contributed by atoms with Crippen molar-refractivity contribution in [2.75, 3.05) is 0 Å². The van der Waals surface area contributed by atoms with Crippen molar-refractivity contribution in [1.82, 2.24) is 0 Å². The molecular weight excluding hydrogens is 82.1 g/mol. The van der Waals surface area contributed by atoms with E-state index >= 15 is 0 Å². The first-order valence-electron chi connectivity index (χ1n) is 0.400. The van der Waals surface area contributed by atoms with Gasteiger partial charge in [-0.3, -0.25) is 4.91 Å². The van der Waals surface area contributed by atoms with Crippen molar-refractivity contribution in [2.45, 2.75) is 0 Å². The zero-order valence-electron chi connectivity index (χ0n) is 2.34. The van der Waals surface area contributed by atoms with Gasteiger partial charge in [-0.15, -0.1) is 0 Å². The maximum absolute atomic E-state index is 6.75. The van der Waals surface area contributed by atoms with E-state index in [9.17, 15) is 0 Å². The van der Waals surface area contributed by atoms with Gasteiger partial charge in [-0.1, -0.05) is 0 Å². The standard InChI is InChI=1S/K.N3/c;1-3-2/q+1;-1/i;1+1. The normalized spacial score (nSPS) is 2.00. The quantitative estimate of drug-likeness (QED) is 0.105. The fraction of sp³-hybridized carbons (Fsp3) is 0. The molecule has 0 rings (SSSR count). The predicted molar refractivity (Wildman–Crippen MR) is 10.1 cm³/mol. The molecule has 0 aliphatic heterocycles. The molecule has 16 valence electrons. The van der Waals surface area contributed by atoms with E-state index in [0.717, 1.165) is 0 Å². The second-order valence-corrected chi connectivity index (χ2v) is 0.0894. The molecule has 0 saturated carbocycles. The van der Waals surface area contributed by atoms with Crippen molar-refractivity contribution in [3.8, 4) is 0 Å². The van der Waals surface area contributed by atoms with Crippen molar-refractivity contribution < 1.29 is 51.4 Å². The largest absolute Gasteiger partial charge is 1.00 e. The number of nitrogens with zero attached hydrogens (tertiary/aromatic N) is 3. The second kappa shape index (κ2) is 9.04. The average molecular weight is 82.1 g/mol. The van der Waals surface area contributed by atoms with Gasteiger partial charge in [-0.25, -0.2) is 0 Å². The van der Waals surface area contributed by atoms with Crippen molar-refractivity contribution in [2.24, 2.45) is 0 Å². The van der Waals surface area contributed by atoms with Gasteiger partial charge in [-0.05, 0) is 0 Å². The van der Waals surface area contributed by atoms with Gasteiger partial charge in [0.1, 0.15) is 0 Å². The molecule has 4 heavy (non-hydrogen) atoms. The third kappa shape index (κ3) is 12.5. The van der Waals surface area contributed by atoms with Crippen LogP contribution in [-0.2, 0) is 0 Å². The molecule has 0 N–H and O–H groups in total. The van der Waals surface area contributed by atoms with E-state index in [4.69, 9.17) is 11.1 Å². The molecular formula is KN3. The fourth-order valence-electron chi connectivity index (χ4n) is 0. The summed E-state index contributed by atoms with van der Waals surface area (Å²) in [6.45, 7) is 0. The van der Waals surface area contributed by atoms with E-state index < -0.39 is 0 Å². The smallest absolute Gasteiger partial charge is 0.373 e. The molecule has 0 aromatic carbocycles. The van der Waals surface area contributed by atoms with Gasteiger partial charge in [0.15, 0.2) is 0 Å². The van der Waals surface area contributed by atoms with Crippen molar-refractivity contribution in [3.63, 3.8) is 0 Å². The van der Waals surface area contributed by atoms with E-state index in [2.05, 4.69) is 0 Å². The number of rotatable bonds is 0. The third-order valence-corrected chi connectivity index (χ3v) is 0. The van der Waals surface area contributed by atoms with Gasteiger partial charge in [0.2, 0.25) is 0 Å². The van der Waals surface area contributed by atoms with Crippen molar-refractivity contribution >= 4 is 0 Å². The molecule has 0 aromatic rings. The summed E-state index contributed by atoms with van der Waals surface area (Å²) < 4.78 is 0. The molecule has 0 atom stereocenters. The molecule has 0 spiro atoms. The first-order chi connectivity index (χ1) is 1.41. The van der Waals surface area contributed by atoms with Gasteiger partial charge < -0.3 is 11.1 Å². The Labute approximate surface area is 66.2 Å². The maximum Gasteiger partial charge on any atom is 1.00 e. The first kappa shape index (κ1) is 8.87. The monoisotopic (exact) mass is 82.0 g/mol. The zero-order chi connectivity index (χ0) is 2.71. The summed E-state index contributed by atoms with van der Waals surface area (Å²) in [6, 6.07) is 0. The van der Waals surface area contributed by atoms with Gasteiger partial charge >= 0.3 is 51.4 Å². The molecule has 0 saturated heterocycles. The Balaban J connectivity index is 0.